The summed E-state index contributed by atoms with van der Waals surface area (Å²) in [7, 11) is 0. The molecule has 0 aliphatic heterocycles. The molecule has 8 heteroatoms. The zero-order chi connectivity index (χ0) is 16.9. The van der Waals surface area contributed by atoms with E-state index >= 15 is 0 Å². The van der Waals surface area contributed by atoms with Crippen LogP contribution >= 0.6 is 50.3 Å². The van der Waals surface area contributed by atoms with Gasteiger partial charge >= 0.3 is 0 Å². The zero-order valence-corrected chi connectivity index (χ0v) is 16.8. The minimum Gasteiger partial charge on any atom is -0.411 e. The number of para-hydroxylation sites is 1. The van der Waals surface area contributed by atoms with Crippen LogP contribution in [0.5, 0.6) is 0 Å². The van der Waals surface area contributed by atoms with Crippen LogP contribution in [0.3, 0.4) is 0 Å². The third-order valence-electron chi connectivity index (χ3n) is 2.99. The lowest BCUT2D eigenvalue weighted by Crippen LogP contribution is -2.14. The predicted molar refractivity (Wildman–Crippen MR) is 106 cm³/mol. The number of hydrogen-bond acceptors (Lipinski definition) is 5. The number of nitrogens with one attached hydrogen (secondary N) is 1. The van der Waals surface area contributed by atoms with Crippen LogP contribution in [0.25, 0.3) is 11.5 Å². The van der Waals surface area contributed by atoms with Crippen molar-refractivity contribution < 1.29 is 9.21 Å². The summed E-state index contributed by atoms with van der Waals surface area (Å²) < 4.78 is 7.47. The fraction of sp³-hybridized carbons (Fsp3) is 0.0625. The van der Waals surface area contributed by atoms with Gasteiger partial charge in [0, 0.05) is 8.04 Å². The number of carbonyl (C=O) groups excluding carboxylic acids is 1. The Hall–Kier alpha value is -1.39. The van der Waals surface area contributed by atoms with Crippen molar-refractivity contribution in [2.75, 3.05) is 11.1 Å². The molecule has 0 unspecified atom stereocenters. The molecule has 1 amide bonds. The summed E-state index contributed by atoms with van der Waals surface area (Å²) in [5.74, 6) is 0.496. The van der Waals surface area contributed by atoms with Crippen LogP contribution in [-0.4, -0.2) is 21.9 Å². The Kier molecular flexibility index (Phi) is 5.90. The zero-order valence-electron chi connectivity index (χ0n) is 12.2. The van der Waals surface area contributed by atoms with E-state index in [0.717, 1.165) is 19.3 Å². The van der Waals surface area contributed by atoms with Gasteiger partial charge in [0.15, 0.2) is 0 Å². The molecular weight excluding hydrogens is 505 g/mol. The first-order chi connectivity index (χ1) is 11.6. The van der Waals surface area contributed by atoms with Crippen LogP contribution in [-0.2, 0) is 4.79 Å². The van der Waals surface area contributed by atoms with Crippen molar-refractivity contribution in [1.82, 2.24) is 10.2 Å². The highest BCUT2D eigenvalue weighted by atomic mass is 127. The van der Waals surface area contributed by atoms with E-state index in [0.29, 0.717) is 11.1 Å². The van der Waals surface area contributed by atoms with Gasteiger partial charge < -0.3 is 9.73 Å². The van der Waals surface area contributed by atoms with Crippen LogP contribution < -0.4 is 5.32 Å². The molecule has 0 radical (unpaired) electrons. The van der Waals surface area contributed by atoms with Crippen molar-refractivity contribution in [3.63, 3.8) is 0 Å². The summed E-state index contributed by atoms with van der Waals surface area (Å²) in [5.41, 5.74) is 1.61. The van der Waals surface area contributed by atoms with Crippen LogP contribution in [0, 0.1) is 3.57 Å². The fourth-order valence-corrected chi connectivity index (χ4v) is 3.43. The molecule has 0 aliphatic rings. The molecule has 122 valence electrons. The average Bonchev–Trinajstić information content (AvgIpc) is 3.04. The Morgan fingerprint density at radius 1 is 1.17 bits per heavy atom. The van der Waals surface area contributed by atoms with Gasteiger partial charge in [0.2, 0.25) is 11.8 Å². The number of halogens is 2. The number of carbonyl (C=O) groups is 1. The molecule has 1 aromatic heterocycles. The number of anilines is 1. The second-order valence-electron chi connectivity index (χ2n) is 4.67. The summed E-state index contributed by atoms with van der Waals surface area (Å²) in [6.45, 7) is 0. The molecule has 24 heavy (non-hydrogen) atoms. The molecule has 2 aromatic carbocycles. The Bertz CT molecular complexity index is 872. The van der Waals surface area contributed by atoms with Gasteiger partial charge in [0.1, 0.15) is 0 Å². The van der Waals surface area contributed by atoms with E-state index in [1.165, 1.54) is 11.8 Å². The van der Waals surface area contributed by atoms with E-state index in [2.05, 4.69) is 54.0 Å². The second-order valence-corrected chi connectivity index (χ2v) is 7.61. The smallest absolute Gasteiger partial charge is 0.277 e. The van der Waals surface area contributed by atoms with E-state index in [1.807, 2.05) is 48.5 Å². The van der Waals surface area contributed by atoms with Crippen LogP contribution in [0.1, 0.15) is 0 Å². The minimum absolute atomic E-state index is 0.121. The maximum atomic E-state index is 12.0. The number of rotatable bonds is 5. The first kappa shape index (κ1) is 17.4. The van der Waals surface area contributed by atoms with Gasteiger partial charge in [-0.05, 0) is 62.8 Å². The van der Waals surface area contributed by atoms with Gasteiger partial charge in [0.05, 0.1) is 17.0 Å². The van der Waals surface area contributed by atoms with Crippen molar-refractivity contribution in [3.05, 3.63) is 56.6 Å². The topological polar surface area (TPSA) is 68.0 Å². The van der Waals surface area contributed by atoms with E-state index in [9.17, 15) is 4.79 Å². The van der Waals surface area contributed by atoms with Crippen LogP contribution in [0.15, 0.2) is 62.6 Å². The Morgan fingerprint density at radius 2 is 1.92 bits per heavy atom. The predicted octanol–water partition coefficient (Wildman–Crippen LogP) is 4.83. The highest BCUT2D eigenvalue weighted by molar-refractivity contribution is 14.1. The molecular formula is C16H11BrIN3O2S. The van der Waals surface area contributed by atoms with Crippen molar-refractivity contribution in [3.8, 4) is 11.5 Å². The SMILES string of the molecule is O=C(CSc1nnc(-c2ccccc2Br)o1)Nc1ccccc1I. The number of thioether (sulfide) groups is 1. The van der Waals surface area contributed by atoms with Gasteiger partial charge in [0.25, 0.3) is 5.22 Å². The van der Waals surface area contributed by atoms with Gasteiger partial charge in [-0.3, -0.25) is 4.79 Å². The summed E-state index contributed by atoms with van der Waals surface area (Å²) in [4.78, 5) is 12.0. The molecule has 5 nitrogen and oxygen atoms in total. The molecule has 1 heterocycles. The van der Waals surface area contributed by atoms with Gasteiger partial charge in [-0.1, -0.05) is 36.0 Å². The first-order valence-electron chi connectivity index (χ1n) is 6.89. The minimum atomic E-state index is -0.121. The van der Waals surface area contributed by atoms with E-state index in [-0.39, 0.29) is 11.7 Å². The summed E-state index contributed by atoms with van der Waals surface area (Å²) in [6, 6.07) is 15.2. The summed E-state index contributed by atoms with van der Waals surface area (Å²) >= 11 is 6.83. The molecule has 0 fully saturated rings. The average molecular weight is 516 g/mol. The first-order valence-corrected chi connectivity index (χ1v) is 9.75. The molecule has 3 rings (SSSR count). The van der Waals surface area contributed by atoms with Crippen molar-refractivity contribution in [2.45, 2.75) is 5.22 Å². The Morgan fingerprint density at radius 3 is 2.71 bits per heavy atom. The number of aromatic nitrogens is 2. The molecule has 0 bridgehead atoms. The fourth-order valence-electron chi connectivity index (χ4n) is 1.89. The van der Waals surface area contributed by atoms with Crippen LogP contribution in [0.4, 0.5) is 5.69 Å². The second kappa shape index (κ2) is 8.13. The van der Waals surface area contributed by atoms with Crippen molar-refractivity contribution in [2.24, 2.45) is 0 Å². The molecule has 0 spiro atoms. The lowest BCUT2D eigenvalue weighted by atomic mass is 10.2. The van der Waals surface area contributed by atoms with Crippen LogP contribution in [0.2, 0.25) is 0 Å². The summed E-state index contributed by atoms with van der Waals surface area (Å²) in [6.07, 6.45) is 0. The molecule has 1 N–H and O–H groups in total. The van der Waals surface area contributed by atoms with E-state index in [1.54, 1.807) is 0 Å². The summed E-state index contributed by atoms with van der Waals surface area (Å²) in [5, 5.41) is 11.2. The lowest BCUT2D eigenvalue weighted by molar-refractivity contribution is -0.113. The number of hydrogen-bond donors (Lipinski definition) is 1. The highest BCUT2D eigenvalue weighted by Gasteiger charge is 2.13. The monoisotopic (exact) mass is 515 g/mol. The standard InChI is InChI=1S/C16H11BrIN3O2S/c17-11-6-2-1-5-10(11)15-20-21-16(23-15)24-9-14(22)19-13-8-4-3-7-12(13)18/h1-8H,9H2,(H,19,22). The lowest BCUT2D eigenvalue weighted by Gasteiger charge is -2.05. The molecule has 0 saturated carbocycles. The molecule has 3 aromatic rings. The van der Waals surface area contributed by atoms with E-state index < -0.39 is 0 Å². The Balaban J connectivity index is 1.61. The number of amides is 1. The normalized spacial score (nSPS) is 10.6. The molecule has 0 atom stereocenters. The van der Waals surface area contributed by atoms with Crippen molar-refractivity contribution in [1.29, 1.82) is 0 Å². The number of nitrogens with zero attached hydrogens (tertiary/aromatic N) is 2. The third-order valence-corrected chi connectivity index (χ3v) is 5.44. The van der Waals surface area contributed by atoms with Gasteiger partial charge in [-0.2, -0.15) is 0 Å². The third kappa shape index (κ3) is 4.37. The maximum absolute atomic E-state index is 12.0. The van der Waals surface area contributed by atoms with Crippen molar-refractivity contribution >= 4 is 61.9 Å². The van der Waals surface area contributed by atoms with Gasteiger partial charge in [-0.15, -0.1) is 10.2 Å². The molecule has 0 aliphatic carbocycles. The largest absolute Gasteiger partial charge is 0.411 e. The number of benzene rings is 2. The highest BCUT2D eigenvalue weighted by Crippen LogP contribution is 2.29. The maximum Gasteiger partial charge on any atom is 0.277 e. The van der Waals surface area contributed by atoms with E-state index in [4.69, 9.17) is 4.42 Å². The molecule has 0 saturated heterocycles. The van der Waals surface area contributed by atoms with Gasteiger partial charge in [-0.25, -0.2) is 0 Å². The quantitative estimate of drug-likeness (QED) is 0.389. The Labute approximate surface area is 164 Å².